The van der Waals surface area contributed by atoms with Crippen LogP contribution in [-0.4, -0.2) is 40.8 Å². The summed E-state index contributed by atoms with van der Waals surface area (Å²) in [7, 11) is 7.15. The Labute approximate surface area is 143 Å². The summed E-state index contributed by atoms with van der Waals surface area (Å²) >= 11 is 0. The number of rotatable bonds is 7. The average Bonchev–Trinajstić information content (AvgIpc) is 2.61. The predicted molar refractivity (Wildman–Crippen MR) is 96.4 cm³/mol. The molecule has 128 valence electrons. The number of carbonyl (C=O) groups excluding carboxylic acids is 1. The van der Waals surface area contributed by atoms with Gasteiger partial charge in [0.1, 0.15) is 11.5 Å². The molecule has 24 heavy (non-hydrogen) atoms. The molecule has 0 aliphatic carbocycles. The molecule has 2 aromatic rings. The van der Waals surface area contributed by atoms with Crippen LogP contribution in [0, 0.1) is 0 Å². The Bertz CT molecular complexity index is 699. The third-order valence-electron chi connectivity index (χ3n) is 3.80. The molecule has 0 bridgehead atoms. The Morgan fingerprint density at radius 2 is 1.88 bits per heavy atom. The van der Waals surface area contributed by atoms with E-state index in [-0.39, 0.29) is 5.91 Å². The number of hydrogen-bond donors (Lipinski definition) is 1. The first-order valence-electron chi connectivity index (χ1n) is 7.81. The maximum absolute atomic E-state index is 12.3. The first-order valence-corrected chi connectivity index (χ1v) is 7.81. The first kappa shape index (κ1) is 17.7. The highest BCUT2D eigenvalue weighted by Gasteiger charge is 2.09. The number of nitrogens with one attached hydrogen (secondary N) is 1. The van der Waals surface area contributed by atoms with Crippen molar-refractivity contribution in [3.63, 3.8) is 0 Å². The van der Waals surface area contributed by atoms with Gasteiger partial charge in [0.25, 0.3) is 5.91 Å². The Kier molecular flexibility index (Phi) is 6.07. The van der Waals surface area contributed by atoms with Crippen molar-refractivity contribution in [2.24, 2.45) is 0 Å². The first-order chi connectivity index (χ1) is 11.5. The normalized spacial score (nSPS) is 10.2. The van der Waals surface area contributed by atoms with Gasteiger partial charge in [-0.25, -0.2) is 0 Å². The van der Waals surface area contributed by atoms with Gasteiger partial charge < -0.3 is 19.7 Å². The number of hydrogen-bond acceptors (Lipinski definition) is 4. The molecule has 0 aliphatic heterocycles. The van der Waals surface area contributed by atoms with E-state index in [1.807, 2.05) is 61.5 Å². The second-order valence-corrected chi connectivity index (χ2v) is 5.63. The lowest BCUT2D eigenvalue weighted by atomic mass is 10.1. The predicted octanol–water partition coefficient (Wildman–Crippen LogP) is 2.74. The van der Waals surface area contributed by atoms with Crippen molar-refractivity contribution in [2.75, 3.05) is 39.8 Å². The highest BCUT2D eigenvalue weighted by Crippen LogP contribution is 2.24. The van der Waals surface area contributed by atoms with Gasteiger partial charge in [-0.1, -0.05) is 12.1 Å². The zero-order chi connectivity index (χ0) is 17.5. The summed E-state index contributed by atoms with van der Waals surface area (Å²) in [6.07, 6.45) is 0.687. The van der Waals surface area contributed by atoms with Crippen LogP contribution in [0.25, 0.3) is 0 Å². The maximum atomic E-state index is 12.3. The Morgan fingerprint density at radius 1 is 1.08 bits per heavy atom. The van der Waals surface area contributed by atoms with Crippen LogP contribution >= 0.6 is 0 Å². The molecule has 0 aliphatic rings. The summed E-state index contributed by atoms with van der Waals surface area (Å²) in [6, 6.07) is 13.2. The molecule has 2 aromatic carbocycles. The van der Waals surface area contributed by atoms with Crippen LogP contribution in [0.3, 0.4) is 0 Å². The average molecular weight is 328 g/mol. The number of nitrogens with zero attached hydrogens (tertiary/aromatic N) is 1. The summed E-state index contributed by atoms with van der Waals surface area (Å²) in [6.45, 7) is 0.535. The van der Waals surface area contributed by atoms with Crippen molar-refractivity contribution in [1.82, 2.24) is 5.32 Å². The molecule has 0 saturated carbocycles. The molecule has 0 spiro atoms. The molecular formula is C19H24N2O3. The monoisotopic (exact) mass is 328 g/mol. The van der Waals surface area contributed by atoms with Crippen molar-refractivity contribution >= 4 is 11.6 Å². The minimum absolute atomic E-state index is 0.0776. The van der Waals surface area contributed by atoms with Crippen LogP contribution in [0.2, 0.25) is 0 Å². The van der Waals surface area contributed by atoms with Gasteiger partial charge in [0.2, 0.25) is 0 Å². The van der Waals surface area contributed by atoms with Gasteiger partial charge >= 0.3 is 0 Å². The quantitative estimate of drug-likeness (QED) is 0.849. The summed E-state index contributed by atoms with van der Waals surface area (Å²) in [5, 5.41) is 2.95. The topological polar surface area (TPSA) is 50.8 Å². The van der Waals surface area contributed by atoms with Gasteiger partial charge in [0.15, 0.2) is 0 Å². The molecule has 0 heterocycles. The molecule has 2 rings (SSSR count). The van der Waals surface area contributed by atoms with Crippen LogP contribution < -0.4 is 19.7 Å². The molecule has 1 amide bonds. The van der Waals surface area contributed by atoms with Crippen LogP contribution in [-0.2, 0) is 6.42 Å². The van der Waals surface area contributed by atoms with Crippen LogP contribution in [0.1, 0.15) is 15.9 Å². The van der Waals surface area contributed by atoms with Gasteiger partial charge in [-0.05, 0) is 36.2 Å². The number of anilines is 1. The smallest absolute Gasteiger partial charge is 0.251 e. The zero-order valence-electron chi connectivity index (χ0n) is 14.6. The highest BCUT2D eigenvalue weighted by atomic mass is 16.5. The minimum Gasteiger partial charge on any atom is -0.497 e. The minimum atomic E-state index is -0.0776. The van der Waals surface area contributed by atoms with E-state index in [0.29, 0.717) is 18.5 Å². The van der Waals surface area contributed by atoms with E-state index < -0.39 is 0 Å². The molecule has 5 nitrogen and oxygen atoms in total. The Hall–Kier alpha value is -2.69. The molecular weight excluding hydrogens is 304 g/mol. The van der Waals surface area contributed by atoms with E-state index in [9.17, 15) is 4.79 Å². The van der Waals surface area contributed by atoms with Gasteiger partial charge in [-0.15, -0.1) is 0 Å². The van der Waals surface area contributed by atoms with Crippen LogP contribution in [0.5, 0.6) is 11.5 Å². The Balaban J connectivity index is 1.97. The van der Waals surface area contributed by atoms with E-state index >= 15 is 0 Å². The second kappa shape index (κ2) is 8.24. The fourth-order valence-corrected chi connectivity index (χ4v) is 2.40. The summed E-state index contributed by atoms with van der Waals surface area (Å²) in [5.41, 5.74) is 2.68. The highest BCUT2D eigenvalue weighted by molar-refractivity contribution is 5.95. The largest absolute Gasteiger partial charge is 0.497 e. The summed E-state index contributed by atoms with van der Waals surface area (Å²) < 4.78 is 10.6. The SMILES string of the molecule is COc1ccc(CCNC(=O)c2cccc(N(C)C)c2)c(OC)c1. The van der Waals surface area contributed by atoms with E-state index in [2.05, 4.69) is 5.32 Å². The summed E-state index contributed by atoms with van der Waals surface area (Å²) in [5.74, 6) is 1.43. The molecule has 0 radical (unpaired) electrons. The standard InChI is InChI=1S/C19H24N2O3/c1-21(2)16-7-5-6-15(12-16)19(22)20-11-10-14-8-9-17(23-3)13-18(14)24-4/h5-9,12-13H,10-11H2,1-4H3,(H,20,22). The molecule has 0 unspecified atom stereocenters. The number of carbonyl (C=O) groups is 1. The van der Waals surface area contributed by atoms with Crippen molar-refractivity contribution < 1.29 is 14.3 Å². The fourth-order valence-electron chi connectivity index (χ4n) is 2.40. The van der Waals surface area contributed by atoms with Gasteiger partial charge in [-0.3, -0.25) is 4.79 Å². The molecule has 0 saturated heterocycles. The van der Waals surface area contributed by atoms with E-state index in [0.717, 1.165) is 22.7 Å². The fraction of sp³-hybridized carbons (Fsp3) is 0.316. The second-order valence-electron chi connectivity index (χ2n) is 5.63. The molecule has 1 N–H and O–H groups in total. The van der Waals surface area contributed by atoms with E-state index in [4.69, 9.17) is 9.47 Å². The van der Waals surface area contributed by atoms with E-state index in [1.54, 1.807) is 14.2 Å². The lowest BCUT2D eigenvalue weighted by Crippen LogP contribution is -2.26. The number of benzene rings is 2. The number of methoxy groups -OCH3 is 2. The van der Waals surface area contributed by atoms with Crippen molar-refractivity contribution in [3.05, 3.63) is 53.6 Å². The third-order valence-corrected chi connectivity index (χ3v) is 3.80. The lowest BCUT2D eigenvalue weighted by molar-refractivity contribution is 0.0954. The number of amides is 1. The van der Waals surface area contributed by atoms with Crippen molar-refractivity contribution in [2.45, 2.75) is 6.42 Å². The molecule has 0 aromatic heterocycles. The van der Waals surface area contributed by atoms with Gasteiger partial charge in [0, 0.05) is 38.0 Å². The lowest BCUT2D eigenvalue weighted by Gasteiger charge is -2.14. The summed E-state index contributed by atoms with van der Waals surface area (Å²) in [4.78, 5) is 14.3. The van der Waals surface area contributed by atoms with Crippen molar-refractivity contribution in [1.29, 1.82) is 0 Å². The molecule has 0 fully saturated rings. The number of ether oxygens (including phenoxy) is 2. The van der Waals surface area contributed by atoms with Gasteiger partial charge in [0.05, 0.1) is 14.2 Å². The van der Waals surface area contributed by atoms with Crippen LogP contribution in [0.15, 0.2) is 42.5 Å². The maximum Gasteiger partial charge on any atom is 0.251 e. The van der Waals surface area contributed by atoms with E-state index in [1.165, 1.54) is 0 Å². The molecule has 0 atom stereocenters. The zero-order valence-corrected chi connectivity index (χ0v) is 14.6. The van der Waals surface area contributed by atoms with Gasteiger partial charge in [-0.2, -0.15) is 0 Å². The van der Waals surface area contributed by atoms with Crippen molar-refractivity contribution in [3.8, 4) is 11.5 Å². The third kappa shape index (κ3) is 4.41. The molecule has 5 heteroatoms. The van der Waals surface area contributed by atoms with Crippen LogP contribution in [0.4, 0.5) is 5.69 Å². The Morgan fingerprint density at radius 3 is 2.54 bits per heavy atom.